The molecule has 2 amide bonds. The molecular weight excluding hydrogens is 402 g/mol. The number of benzene rings is 2. The number of hydrogen-bond donors (Lipinski definition) is 2. The van der Waals surface area contributed by atoms with Crippen molar-refractivity contribution in [2.24, 2.45) is 5.10 Å². The molecule has 136 valence electrons. The van der Waals surface area contributed by atoms with Crippen LogP contribution in [0.3, 0.4) is 0 Å². The molecule has 0 atom stereocenters. The third-order valence-corrected chi connectivity index (χ3v) is 4.05. The van der Waals surface area contributed by atoms with E-state index in [9.17, 15) is 9.59 Å². The molecule has 8 heteroatoms. The fourth-order valence-electron chi connectivity index (χ4n) is 2.04. The van der Waals surface area contributed by atoms with Gasteiger partial charge in [-0.05, 0) is 40.2 Å². The Morgan fingerprint density at radius 3 is 2.62 bits per heavy atom. The maximum Gasteiger partial charge on any atom is 0.259 e. The van der Waals surface area contributed by atoms with Crippen LogP contribution in [0.1, 0.15) is 15.9 Å². The van der Waals surface area contributed by atoms with E-state index in [1.807, 2.05) is 0 Å². The average molecular weight is 420 g/mol. The quantitative estimate of drug-likeness (QED) is 0.532. The van der Waals surface area contributed by atoms with Gasteiger partial charge in [0.05, 0.1) is 32.5 Å². The fourth-order valence-corrected chi connectivity index (χ4v) is 2.50. The van der Waals surface area contributed by atoms with Gasteiger partial charge in [-0.2, -0.15) is 5.10 Å². The van der Waals surface area contributed by atoms with Crippen LogP contribution in [0.4, 0.5) is 0 Å². The van der Waals surface area contributed by atoms with E-state index in [0.29, 0.717) is 27.1 Å². The lowest BCUT2D eigenvalue weighted by molar-refractivity contribution is -0.120. The Morgan fingerprint density at radius 1 is 1.15 bits per heavy atom. The summed E-state index contributed by atoms with van der Waals surface area (Å²) in [5.41, 5.74) is 3.47. The van der Waals surface area contributed by atoms with Crippen LogP contribution in [-0.4, -0.2) is 38.8 Å². The largest absolute Gasteiger partial charge is 0.497 e. The Labute approximate surface area is 159 Å². The SMILES string of the molecule is COc1ccc(/C=N/NC(=O)CNC(=O)c2ccccc2Br)c(OC)c1. The minimum atomic E-state index is -0.450. The predicted molar refractivity (Wildman–Crippen MR) is 102 cm³/mol. The van der Waals surface area contributed by atoms with Crippen molar-refractivity contribution in [3.8, 4) is 11.5 Å². The van der Waals surface area contributed by atoms with E-state index < -0.39 is 5.91 Å². The topological polar surface area (TPSA) is 89.0 Å². The first-order valence-corrected chi connectivity index (χ1v) is 8.41. The van der Waals surface area contributed by atoms with Crippen LogP contribution in [0.5, 0.6) is 11.5 Å². The lowest BCUT2D eigenvalue weighted by Crippen LogP contribution is -2.35. The van der Waals surface area contributed by atoms with Crippen LogP contribution >= 0.6 is 15.9 Å². The van der Waals surface area contributed by atoms with E-state index in [4.69, 9.17) is 9.47 Å². The number of carbonyl (C=O) groups is 2. The van der Waals surface area contributed by atoms with Gasteiger partial charge in [-0.25, -0.2) is 5.43 Å². The Kier molecular flexibility index (Phi) is 7.16. The summed E-state index contributed by atoms with van der Waals surface area (Å²) in [4.78, 5) is 23.8. The van der Waals surface area contributed by atoms with Crippen LogP contribution in [0, 0.1) is 0 Å². The van der Waals surface area contributed by atoms with Crippen molar-refractivity contribution in [2.75, 3.05) is 20.8 Å². The van der Waals surface area contributed by atoms with Gasteiger partial charge in [0.15, 0.2) is 0 Å². The zero-order valence-electron chi connectivity index (χ0n) is 14.3. The van der Waals surface area contributed by atoms with E-state index >= 15 is 0 Å². The van der Waals surface area contributed by atoms with E-state index in [1.54, 1.807) is 49.6 Å². The molecule has 26 heavy (non-hydrogen) atoms. The number of carbonyl (C=O) groups excluding carboxylic acids is 2. The molecule has 2 N–H and O–H groups in total. The minimum absolute atomic E-state index is 0.197. The van der Waals surface area contributed by atoms with Gasteiger partial charge >= 0.3 is 0 Å². The summed E-state index contributed by atoms with van der Waals surface area (Å²) in [5.74, 6) is 0.407. The van der Waals surface area contributed by atoms with Crippen LogP contribution in [0.25, 0.3) is 0 Å². The van der Waals surface area contributed by atoms with E-state index in [0.717, 1.165) is 0 Å². The number of nitrogens with zero attached hydrogens (tertiary/aromatic N) is 1. The molecule has 0 aliphatic carbocycles. The van der Waals surface area contributed by atoms with Crippen LogP contribution < -0.4 is 20.2 Å². The van der Waals surface area contributed by atoms with Crippen LogP contribution in [0.15, 0.2) is 52.0 Å². The molecule has 0 saturated carbocycles. The highest BCUT2D eigenvalue weighted by atomic mass is 79.9. The molecule has 0 unspecified atom stereocenters. The predicted octanol–water partition coefficient (Wildman–Crippen LogP) is 2.35. The molecule has 7 nitrogen and oxygen atoms in total. The third kappa shape index (κ3) is 5.32. The van der Waals surface area contributed by atoms with Gasteiger partial charge in [0, 0.05) is 16.1 Å². The van der Waals surface area contributed by atoms with Crippen molar-refractivity contribution in [1.82, 2.24) is 10.7 Å². The molecule has 0 fully saturated rings. The first-order chi connectivity index (χ1) is 12.5. The second-order valence-corrected chi connectivity index (χ2v) is 5.92. The Hall–Kier alpha value is -2.87. The van der Waals surface area contributed by atoms with Crippen molar-refractivity contribution >= 4 is 34.0 Å². The number of halogens is 1. The fraction of sp³-hybridized carbons (Fsp3) is 0.167. The zero-order valence-corrected chi connectivity index (χ0v) is 15.9. The second-order valence-electron chi connectivity index (χ2n) is 5.06. The van der Waals surface area contributed by atoms with E-state index in [2.05, 4.69) is 31.8 Å². The smallest absolute Gasteiger partial charge is 0.259 e. The van der Waals surface area contributed by atoms with Gasteiger partial charge in [-0.15, -0.1) is 0 Å². The molecule has 0 saturated heterocycles. The maximum atomic E-state index is 12.0. The van der Waals surface area contributed by atoms with Crippen molar-refractivity contribution in [3.05, 3.63) is 58.1 Å². The lowest BCUT2D eigenvalue weighted by atomic mass is 10.2. The number of hydrogen-bond acceptors (Lipinski definition) is 5. The van der Waals surface area contributed by atoms with Gasteiger partial charge in [0.1, 0.15) is 11.5 Å². The molecule has 0 aliphatic heterocycles. The minimum Gasteiger partial charge on any atom is -0.497 e. The molecular formula is C18H18BrN3O4. The van der Waals surface area contributed by atoms with Crippen LogP contribution in [-0.2, 0) is 4.79 Å². The summed E-state index contributed by atoms with van der Waals surface area (Å²) in [6.45, 7) is -0.197. The Morgan fingerprint density at radius 2 is 1.92 bits per heavy atom. The van der Waals surface area contributed by atoms with Gasteiger partial charge in [0.2, 0.25) is 0 Å². The van der Waals surface area contributed by atoms with Gasteiger partial charge < -0.3 is 14.8 Å². The number of ether oxygens (including phenoxy) is 2. The molecule has 2 aromatic rings. The van der Waals surface area contributed by atoms with Crippen molar-refractivity contribution in [3.63, 3.8) is 0 Å². The highest BCUT2D eigenvalue weighted by molar-refractivity contribution is 9.10. The molecule has 0 spiro atoms. The normalized spacial score (nSPS) is 10.4. The van der Waals surface area contributed by atoms with Gasteiger partial charge in [0.25, 0.3) is 11.8 Å². The molecule has 0 bridgehead atoms. The standard InChI is InChI=1S/C18H18BrN3O4/c1-25-13-8-7-12(16(9-13)26-2)10-21-22-17(23)11-20-18(24)14-5-3-4-6-15(14)19/h3-10H,11H2,1-2H3,(H,20,24)(H,22,23)/b21-10+. The summed E-state index contributed by atoms with van der Waals surface area (Å²) in [6, 6.07) is 12.2. The zero-order chi connectivity index (χ0) is 18.9. The maximum absolute atomic E-state index is 12.0. The highest BCUT2D eigenvalue weighted by Gasteiger charge is 2.10. The first kappa shape index (κ1) is 19.5. The van der Waals surface area contributed by atoms with Gasteiger partial charge in [-0.3, -0.25) is 9.59 Å². The molecule has 0 aliphatic rings. The number of rotatable bonds is 7. The highest BCUT2D eigenvalue weighted by Crippen LogP contribution is 2.23. The monoisotopic (exact) mass is 419 g/mol. The van der Waals surface area contributed by atoms with E-state index in [-0.39, 0.29) is 12.5 Å². The summed E-state index contributed by atoms with van der Waals surface area (Å²) in [6.07, 6.45) is 1.45. The van der Waals surface area contributed by atoms with Crippen molar-refractivity contribution < 1.29 is 19.1 Å². The molecule has 0 radical (unpaired) electrons. The van der Waals surface area contributed by atoms with Gasteiger partial charge in [-0.1, -0.05) is 12.1 Å². The number of nitrogens with one attached hydrogen (secondary N) is 2. The summed E-state index contributed by atoms with van der Waals surface area (Å²) in [5, 5.41) is 6.40. The summed E-state index contributed by atoms with van der Waals surface area (Å²) < 4.78 is 11.0. The molecule has 0 heterocycles. The summed E-state index contributed by atoms with van der Waals surface area (Å²) in [7, 11) is 3.09. The lowest BCUT2D eigenvalue weighted by Gasteiger charge is -2.07. The first-order valence-electron chi connectivity index (χ1n) is 7.61. The van der Waals surface area contributed by atoms with Crippen molar-refractivity contribution in [2.45, 2.75) is 0 Å². The number of amides is 2. The second kappa shape index (κ2) is 9.57. The average Bonchev–Trinajstić information content (AvgIpc) is 2.66. The van der Waals surface area contributed by atoms with Crippen molar-refractivity contribution in [1.29, 1.82) is 0 Å². The summed E-state index contributed by atoms with van der Waals surface area (Å²) >= 11 is 3.29. The Bertz CT molecular complexity index is 824. The number of hydrazone groups is 1. The molecule has 2 aromatic carbocycles. The Balaban J connectivity index is 1.88. The molecule has 0 aromatic heterocycles. The number of methoxy groups -OCH3 is 2. The van der Waals surface area contributed by atoms with Crippen LogP contribution in [0.2, 0.25) is 0 Å². The third-order valence-electron chi connectivity index (χ3n) is 3.36. The molecule has 2 rings (SSSR count). The van der Waals surface area contributed by atoms with E-state index in [1.165, 1.54) is 13.3 Å².